The van der Waals surface area contributed by atoms with Crippen molar-refractivity contribution in [2.45, 2.75) is 39.2 Å². The zero-order valence-corrected chi connectivity index (χ0v) is 17.7. The number of aryl methyl sites for hydroxylation is 2. The van der Waals surface area contributed by atoms with E-state index in [2.05, 4.69) is 9.88 Å². The Morgan fingerprint density at radius 2 is 2.03 bits per heavy atom. The molecule has 1 saturated carbocycles. The molecule has 2 N–H and O–H groups in total. The standard InChI is InChI=1S/C24H24FN5O/c1-13-7-15(25)8-18-17(13)9-19-21(18)22(30-11-20(26)24(12-30)5-6-24)29-23(28-19)31-16-4-3-14(2)27-10-16/h3-4,7-8,10,20H,5-6,9,11-12,26H2,1-2H3/t20-/m1/s1. The fourth-order valence-corrected chi connectivity index (χ4v) is 5.01. The van der Waals surface area contributed by atoms with Gasteiger partial charge in [0.1, 0.15) is 17.4 Å². The third kappa shape index (κ3) is 2.98. The SMILES string of the molecule is Cc1ccc(Oc2nc3c(c(N4C[C@@H](N)C5(CC5)C4)n2)-c2cc(F)cc(C)c2C3)cn1. The van der Waals surface area contributed by atoms with E-state index in [-0.39, 0.29) is 23.3 Å². The largest absolute Gasteiger partial charge is 0.423 e. The number of fused-ring (bicyclic) bond motifs is 3. The van der Waals surface area contributed by atoms with Gasteiger partial charge in [-0.3, -0.25) is 4.98 Å². The van der Waals surface area contributed by atoms with Crippen LogP contribution in [0.3, 0.4) is 0 Å². The average Bonchev–Trinajstić information content (AvgIpc) is 3.31. The quantitative estimate of drug-likeness (QED) is 0.545. The lowest BCUT2D eigenvalue weighted by Crippen LogP contribution is -2.30. The molecule has 2 aromatic heterocycles. The number of rotatable bonds is 3. The number of halogens is 1. The fourth-order valence-electron chi connectivity index (χ4n) is 5.01. The summed E-state index contributed by atoms with van der Waals surface area (Å²) in [5, 5.41) is 0. The van der Waals surface area contributed by atoms with Gasteiger partial charge in [0.25, 0.3) is 0 Å². The van der Waals surface area contributed by atoms with Crippen LogP contribution >= 0.6 is 0 Å². The Balaban J connectivity index is 1.47. The van der Waals surface area contributed by atoms with Crippen molar-refractivity contribution in [3.05, 3.63) is 58.8 Å². The monoisotopic (exact) mass is 417 g/mol. The number of ether oxygens (including phenoxy) is 1. The number of pyridine rings is 1. The number of nitrogens with two attached hydrogens (primary N) is 1. The molecule has 158 valence electrons. The molecule has 0 radical (unpaired) electrons. The fraction of sp³-hybridized carbons (Fsp3) is 0.375. The summed E-state index contributed by atoms with van der Waals surface area (Å²) in [6, 6.07) is 7.35. The van der Waals surface area contributed by atoms with Crippen LogP contribution in [0.5, 0.6) is 11.8 Å². The minimum atomic E-state index is -0.238. The first-order valence-corrected chi connectivity index (χ1v) is 10.7. The molecular formula is C24H24FN5O. The summed E-state index contributed by atoms with van der Waals surface area (Å²) < 4.78 is 20.3. The van der Waals surface area contributed by atoms with E-state index in [0.29, 0.717) is 12.2 Å². The predicted molar refractivity (Wildman–Crippen MR) is 116 cm³/mol. The molecule has 31 heavy (non-hydrogen) atoms. The molecule has 3 heterocycles. The van der Waals surface area contributed by atoms with Crippen LogP contribution in [0.1, 0.15) is 35.4 Å². The summed E-state index contributed by atoms with van der Waals surface area (Å²) in [5.74, 6) is 1.15. The van der Waals surface area contributed by atoms with Gasteiger partial charge >= 0.3 is 6.01 Å². The first kappa shape index (κ1) is 18.7. The lowest BCUT2D eigenvalue weighted by atomic mass is 10.0. The molecule has 3 aromatic rings. The van der Waals surface area contributed by atoms with Gasteiger partial charge in [-0.25, -0.2) is 4.39 Å². The van der Waals surface area contributed by atoms with Crippen molar-refractivity contribution >= 4 is 5.82 Å². The van der Waals surface area contributed by atoms with Crippen LogP contribution in [0.15, 0.2) is 30.5 Å². The molecule has 0 unspecified atom stereocenters. The highest BCUT2D eigenvalue weighted by Gasteiger charge is 2.54. The van der Waals surface area contributed by atoms with E-state index in [9.17, 15) is 4.39 Å². The smallest absolute Gasteiger partial charge is 0.324 e. The van der Waals surface area contributed by atoms with Gasteiger partial charge in [-0.05, 0) is 67.6 Å². The van der Waals surface area contributed by atoms with Crippen molar-refractivity contribution in [2.75, 3.05) is 18.0 Å². The van der Waals surface area contributed by atoms with Gasteiger partial charge < -0.3 is 15.4 Å². The van der Waals surface area contributed by atoms with Crippen LogP contribution in [0.2, 0.25) is 0 Å². The normalized spacial score (nSPS) is 20.1. The Labute approximate surface area is 180 Å². The van der Waals surface area contributed by atoms with E-state index in [1.165, 1.54) is 0 Å². The molecule has 0 amide bonds. The highest BCUT2D eigenvalue weighted by atomic mass is 19.1. The molecule has 2 fully saturated rings. The van der Waals surface area contributed by atoms with Crippen LogP contribution in [-0.4, -0.2) is 34.1 Å². The van der Waals surface area contributed by atoms with Crippen LogP contribution in [-0.2, 0) is 6.42 Å². The number of anilines is 1. The molecule has 2 aliphatic carbocycles. The Morgan fingerprint density at radius 3 is 2.74 bits per heavy atom. The van der Waals surface area contributed by atoms with Crippen LogP contribution < -0.4 is 15.4 Å². The zero-order chi connectivity index (χ0) is 21.3. The van der Waals surface area contributed by atoms with Crippen molar-refractivity contribution in [1.29, 1.82) is 0 Å². The molecule has 6 rings (SSSR count). The van der Waals surface area contributed by atoms with Crippen molar-refractivity contribution in [3.63, 3.8) is 0 Å². The Kier molecular flexibility index (Phi) is 3.90. The highest BCUT2D eigenvalue weighted by Crippen LogP contribution is 2.54. The topological polar surface area (TPSA) is 77.2 Å². The molecule has 1 aliphatic heterocycles. The second-order valence-electron chi connectivity index (χ2n) is 9.16. The van der Waals surface area contributed by atoms with E-state index in [0.717, 1.165) is 65.4 Å². The molecule has 1 aromatic carbocycles. The summed E-state index contributed by atoms with van der Waals surface area (Å²) in [5.41, 5.74) is 12.3. The third-order valence-electron chi connectivity index (χ3n) is 6.99. The predicted octanol–water partition coefficient (Wildman–Crippen LogP) is 3.92. The molecule has 6 nitrogen and oxygen atoms in total. The van der Waals surface area contributed by atoms with E-state index in [1.807, 2.05) is 26.0 Å². The lowest BCUT2D eigenvalue weighted by Gasteiger charge is -2.21. The second kappa shape index (κ2) is 6.47. The van der Waals surface area contributed by atoms with Gasteiger partial charge in [0.05, 0.1) is 11.9 Å². The molecular weight excluding hydrogens is 393 g/mol. The van der Waals surface area contributed by atoms with Crippen LogP contribution in [0, 0.1) is 25.1 Å². The molecule has 1 spiro atoms. The first-order valence-electron chi connectivity index (χ1n) is 10.7. The molecule has 1 saturated heterocycles. The number of nitrogens with zero attached hydrogens (tertiary/aromatic N) is 4. The number of aromatic nitrogens is 3. The van der Waals surface area contributed by atoms with E-state index in [1.54, 1.807) is 18.3 Å². The van der Waals surface area contributed by atoms with Crippen molar-refractivity contribution in [3.8, 4) is 22.9 Å². The molecule has 0 bridgehead atoms. The summed E-state index contributed by atoms with van der Waals surface area (Å²) in [6.45, 7) is 5.48. The van der Waals surface area contributed by atoms with Gasteiger partial charge in [-0.15, -0.1) is 0 Å². The maximum absolute atomic E-state index is 14.3. The van der Waals surface area contributed by atoms with Crippen molar-refractivity contribution in [1.82, 2.24) is 15.0 Å². The maximum atomic E-state index is 14.3. The van der Waals surface area contributed by atoms with Crippen LogP contribution in [0.25, 0.3) is 11.1 Å². The lowest BCUT2D eigenvalue weighted by molar-refractivity contribution is 0.438. The minimum absolute atomic E-state index is 0.124. The Hall–Kier alpha value is -3.06. The van der Waals surface area contributed by atoms with Crippen molar-refractivity contribution in [2.24, 2.45) is 11.1 Å². The molecule has 7 heteroatoms. The van der Waals surface area contributed by atoms with Gasteiger partial charge in [0, 0.05) is 42.2 Å². The van der Waals surface area contributed by atoms with Crippen molar-refractivity contribution < 1.29 is 9.13 Å². The molecule has 3 aliphatic rings. The summed E-state index contributed by atoms with van der Waals surface area (Å²) in [7, 11) is 0. The summed E-state index contributed by atoms with van der Waals surface area (Å²) in [6.07, 6.45) is 4.62. The molecule has 1 atom stereocenters. The number of hydrogen-bond donors (Lipinski definition) is 1. The van der Waals surface area contributed by atoms with Gasteiger partial charge in [0.2, 0.25) is 0 Å². The van der Waals surface area contributed by atoms with E-state index in [4.69, 9.17) is 20.4 Å². The van der Waals surface area contributed by atoms with Gasteiger partial charge in [-0.1, -0.05) is 0 Å². The third-order valence-corrected chi connectivity index (χ3v) is 6.99. The summed E-state index contributed by atoms with van der Waals surface area (Å²) >= 11 is 0. The average molecular weight is 417 g/mol. The van der Waals surface area contributed by atoms with Gasteiger partial charge in [-0.2, -0.15) is 9.97 Å². The van der Waals surface area contributed by atoms with Gasteiger partial charge in [0.15, 0.2) is 0 Å². The zero-order valence-electron chi connectivity index (χ0n) is 17.7. The Bertz CT molecular complexity index is 1210. The highest BCUT2D eigenvalue weighted by molar-refractivity contribution is 5.85. The Morgan fingerprint density at radius 1 is 1.19 bits per heavy atom. The minimum Gasteiger partial charge on any atom is -0.423 e. The number of benzene rings is 1. The first-order chi connectivity index (χ1) is 14.9. The van der Waals surface area contributed by atoms with Crippen LogP contribution in [0.4, 0.5) is 10.2 Å². The van der Waals surface area contributed by atoms with E-state index >= 15 is 0 Å². The number of hydrogen-bond acceptors (Lipinski definition) is 6. The maximum Gasteiger partial charge on any atom is 0.324 e. The van der Waals surface area contributed by atoms with E-state index < -0.39 is 0 Å². The summed E-state index contributed by atoms with van der Waals surface area (Å²) in [4.78, 5) is 16.1. The second-order valence-corrected chi connectivity index (χ2v) is 9.16.